The van der Waals surface area contributed by atoms with Gasteiger partial charge < -0.3 is 20.5 Å². The second-order valence-electron chi connectivity index (χ2n) is 8.50. The van der Waals surface area contributed by atoms with Crippen LogP contribution in [-0.2, 0) is 14.3 Å². The predicted molar refractivity (Wildman–Crippen MR) is 122 cm³/mol. The molecular formula is C25H27F3N2O5. The lowest BCUT2D eigenvalue weighted by molar-refractivity contribution is -0.192. The predicted octanol–water partition coefficient (Wildman–Crippen LogP) is 4.46. The standard InChI is InChI=1S/C25H27F3N2O5/c1-15(7-6-12-22(31)29-13-21(23(32)33)25(26,27)28)30-24(34)35-14-20-18-10-4-2-8-16(18)17-9-3-5-11-19(17)20/h2-5,8-11,15,20-21H,6-7,12-14H2,1H3,(H,29,31)(H,30,34)(H,32,33). The molecule has 0 saturated heterocycles. The number of alkyl carbamates (subject to hydrolysis) is 1. The molecule has 1 aliphatic rings. The lowest BCUT2D eigenvalue weighted by Crippen LogP contribution is -2.41. The number of amides is 2. The number of hydrogen-bond donors (Lipinski definition) is 3. The molecule has 2 amide bonds. The monoisotopic (exact) mass is 492 g/mol. The Balaban J connectivity index is 1.40. The molecule has 2 aromatic rings. The highest BCUT2D eigenvalue weighted by Gasteiger charge is 2.45. The Morgan fingerprint density at radius 3 is 2.14 bits per heavy atom. The number of rotatable bonds is 10. The molecule has 0 radical (unpaired) electrons. The SMILES string of the molecule is CC(CCCC(=O)NCC(C(=O)O)C(F)(F)F)NC(=O)OCC1c2ccccc2-c2ccccc21. The summed E-state index contributed by atoms with van der Waals surface area (Å²) in [5.41, 5.74) is 4.43. The van der Waals surface area contributed by atoms with Crippen LogP contribution in [0.1, 0.15) is 43.2 Å². The zero-order chi connectivity index (χ0) is 25.6. The quantitative estimate of drug-likeness (QED) is 0.454. The van der Waals surface area contributed by atoms with Gasteiger partial charge in [-0.3, -0.25) is 9.59 Å². The van der Waals surface area contributed by atoms with Crippen molar-refractivity contribution in [3.8, 4) is 11.1 Å². The number of hydrogen-bond acceptors (Lipinski definition) is 4. The Kier molecular flexibility index (Phi) is 8.37. The van der Waals surface area contributed by atoms with Gasteiger partial charge in [0, 0.05) is 24.9 Å². The summed E-state index contributed by atoms with van der Waals surface area (Å²) in [4.78, 5) is 34.8. The average Bonchev–Trinajstić information content (AvgIpc) is 3.10. The van der Waals surface area contributed by atoms with Crippen molar-refractivity contribution in [2.24, 2.45) is 5.92 Å². The number of halogens is 3. The number of carbonyl (C=O) groups is 3. The number of fused-ring (bicyclic) bond motifs is 3. The first-order valence-electron chi connectivity index (χ1n) is 11.3. The van der Waals surface area contributed by atoms with E-state index in [-0.39, 0.29) is 25.0 Å². The minimum atomic E-state index is -4.94. The van der Waals surface area contributed by atoms with Crippen LogP contribution in [0.2, 0.25) is 0 Å². The molecule has 1 aliphatic carbocycles. The van der Waals surface area contributed by atoms with E-state index in [9.17, 15) is 27.6 Å². The van der Waals surface area contributed by atoms with Crippen LogP contribution in [0.4, 0.5) is 18.0 Å². The molecule has 188 valence electrons. The van der Waals surface area contributed by atoms with Gasteiger partial charge in [-0.05, 0) is 42.0 Å². The second kappa shape index (κ2) is 11.2. The maximum absolute atomic E-state index is 12.6. The fourth-order valence-electron chi connectivity index (χ4n) is 4.13. The molecule has 3 N–H and O–H groups in total. The molecule has 0 fully saturated rings. The van der Waals surface area contributed by atoms with E-state index >= 15 is 0 Å². The van der Waals surface area contributed by atoms with Crippen LogP contribution in [0.5, 0.6) is 0 Å². The summed E-state index contributed by atoms with van der Waals surface area (Å²) in [5.74, 6) is -5.45. The van der Waals surface area contributed by atoms with E-state index < -0.39 is 36.6 Å². The average molecular weight is 492 g/mol. The fourth-order valence-corrected chi connectivity index (χ4v) is 4.13. The van der Waals surface area contributed by atoms with Gasteiger partial charge in [-0.15, -0.1) is 0 Å². The molecule has 35 heavy (non-hydrogen) atoms. The first-order chi connectivity index (χ1) is 16.6. The second-order valence-corrected chi connectivity index (χ2v) is 8.50. The first-order valence-corrected chi connectivity index (χ1v) is 11.3. The van der Waals surface area contributed by atoms with E-state index in [1.54, 1.807) is 6.92 Å². The smallest absolute Gasteiger partial charge is 0.407 e. The first kappa shape index (κ1) is 26.1. The minimum Gasteiger partial charge on any atom is -0.481 e. The number of benzene rings is 2. The highest BCUT2D eigenvalue weighted by molar-refractivity contribution is 5.79. The van der Waals surface area contributed by atoms with Gasteiger partial charge >= 0.3 is 18.2 Å². The largest absolute Gasteiger partial charge is 0.481 e. The molecule has 0 aromatic heterocycles. The van der Waals surface area contributed by atoms with Crippen molar-refractivity contribution in [1.82, 2.24) is 10.6 Å². The highest BCUT2D eigenvalue weighted by atomic mass is 19.4. The highest BCUT2D eigenvalue weighted by Crippen LogP contribution is 2.44. The molecule has 0 spiro atoms. The van der Waals surface area contributed by atoms with Crippen LogP contribution in [0.25, 0.3) is 11.1 Å². The van der Waals surface area contributed by atoms with Crippen molar-refractivity contribution >= 4 is 18.0 Å². The van der Waals surface area contributed by atoms with Gasteiger partial charge in [-0.2, -0.15) is 13.2 Å². The number of ether oxygens (including phenoxy) is 1. The van der Waals surface area contributed by atoms with Gasteiger partial charge in [-0.25, -0.2) is 4.79 Å². The molecule has 2 aromatic carbocycles. The lowest BCUT2D eigenvalue weighted by atomic mass is 9.98. The summed E-state index contributed by atoms with van der Waals surface area (Å²) >= 11 is 0. The Hall–Kier alpha value is -3.56. The molecule has 0 heterocycles. The van der Waals surface area contributed by atoms with Gasteiger partial charge in [0.2, 0.25) is 5.91 Å². The summed E-state index contributed by atoms with van der Waals surface area (Å²) in [6.45, 7) is 0.869. The van der Waals surface area contributed by atoms with E-state index in [0.29, 0.717) is 12.8 Å². The van der Waals surface area contributed by atoms with Gasteiger partial charge in [0.1, 0.15) is 6.61 Å². The molecule has 10 heteroatoms. The van der Waals surface area contributed by atoms with Crippen LogP contribution < -0.4 is 10.6 Å². The van der Waals surface area contributed by atoms with Crippen molar-refractivity contribution in [1.29, 1.82) is 0 Å². The Labute approximate surface area is 200 Å². The molecule has 0 aliphatic heterocycles. The van der Waals surface area contributed by atoms with Gasteiger partial charge in [0.15, 0.2) is 5.92 Å². The number of aliphatic carboxylic acids is 1. The van der Waals surface area contributed by atoms with E-state index in [0.717, 1.165) is 22.3 Å². The van der Waals surface area contributed by atoms with Crippen LogP contribution in [0.15, 0.2) is 48.5 Å². The lowest BCUT2D eigenvalue weighted by Gasteiger charge is -2.18. The van der Waals surface area contributed by atoms with E-state index in [2.05, 4.69) is 5.32 Å². The molecule has 3 rings (SSSR count). The Morgan fingerprint density at radius 2 is 1.60 bits per heavy atom. The normalized spacial score (nSPS) is 14.4. The Morgan fingerprint density at radius 1 is 1.03 bits per heavy atom. The van der Waals surface area contributed by atoms with Crippen molar-refractivity contribution in [3.05, 3.63) is 59.7 Å². The third-order valence-corrected chi connectivity index (χ3v) is 5.95. The topological polar surface area (TPSA) is 105 Å². The summed E-state index contributed by atoms with van der Waals surface area (Å²) < 4.78 is 43.3. The summed E-state index contributed by atoms with van der Waals surface area (Å²) in [7, 11) is 0. The molecule has 0 bridgehead atoms. The molecule has 0 saturated carbocycles. The number of carboxylic acid groups (broad SMARTS) is 1. The third-order valence-electron chi connectivity index (χ3n) is 5.95. The number of carboxylic acids is 1. The van der Waals surface area contributed by atoms with Crippen molar-refractivity contribution in [3.63, 3.8) is 0 Å². The summed E-state index contributed by atoms with van der Waals surface area (Å²) in [6, 6.07) is 15.6. The maximum Gasteiger partial charge on any atom is 0.407 e. The van der Waals surface area contributed by atoms with Crippen molar-refractivity contribution < 1.29 is 37.4 Å². The zero-order valence-corrected chi connectivity index (χ0v) is 19.1. The summed E-state index contributed by atoms with van der Waals surface area (Å²) in [6.07, 6.45) is -4.96. The van der Waals surface area contributed by atoms with Crippen molar-refractivity contribution in [2.75, 3.05) is 13.2 Å². The maximum atomic E-state index is 12.6. The minimum absolute atomic E-state index is 0.0709. The van der Waals surface area contributed by atoms with Crippen LogP contribution in [0.3, 0.4) is 0 Å². The summed E-state index contributed by atoms with van der Waals surface area (Å²) in [5, 5.41) is 13.3. The fraction of sp³-hybridized carbons (Fsp3) is 0.400. The molecule has 2 unspecified atom stereocenters. The molecular weight excluding hydrogens is 465 g/mol. The third kappa shape index (κ3) is 6.74. The van der Waals surface area contributed by atoms with E-state index in [1.165, 1.54) is 0 Å². The van der Waals surface area contributed by atoms with E-state index in [4.69, 9.17) is 9.84 Å². The Bertz CT molecular complexity index is 1030. The number of alkyl halides is 3. The van der Waals surface area contributed by atoms with E-state index in [1.807, 2.05) is 53.8 Å². The van der Waals surface area contributed by atoms with Crippen LogP contribution in [0, 0.1) is 5.92 Å². The zero-order valence-electron chi connectivity index (χ0n) is 19.1. The van der Waals surface area contributed by atoms with Crippen LogP contribution >= 0.6 is 0 Å². The molecule has 2 atom stereocenters. The van der Waals surface area contributed by atoms with Crippen LogP contribution in [-0.4, -0.2) is 48.4 Å². The number of nitrogens with one attached hydrogen (secondary N) is 2. The van der Waals surface area contributed by atoms with Gasteiger partial charge in [0.25, 0.3) is 0 Å². The van der Waals surface area contributed by atoms with Gasteiger partial charge in [-0.1, -0.05) is 48.5 Å². The molecule has 7 nitrogen and oxygen atoms in total. The van der Waals surface area contributed by atoms with Crippen molar-refractivity contribution in [2.45, 2.75) is 44.3 Å². The van der Waals surface area contributed by atoms with Gasteiger partial charge in [0.05, 0.1) is 0 Å². The number of carbonyl (C=O) groups excluding carboxylic acids is 2.